The van der Waals surface area contributed by atoms with E-state index in [9.17, 15) is 13.2 Å². The number of H-pyrrole nitrogens is 1. The lowest BCUT2D eigenvalue weighted by Gasteiger charge is -2.04. The molecule has 1 aromatic heterocycles. The number of hydrogen-bond donors (Lipinski definition) is 2. The van der Waals surface area contributed by atoms with Gasteiger partial charge in [0.05, 0.1) is 18.8 Å². The molecule has 0 aromatic carbocycles. The Hall–Kier alpha value is -1.64. The first kappa shape index (κ1) is 13.4. The molecule has 0 bridgehead atoms. The third kappa shape index (κ3) is 4.81. The molecule has 0 saturated carbocycles. The zero-order valence-corrected chi connectivity index (χ0v) is 10.4. The minimum atomic E-state index is -3.63. The van der Waals surface area contributed by atoms with Gasteiger partial charge in [0.25, 0.3) is 5.95 Å². The standard InChI is InChI=1S/C8H14N4O4S/c1-3-16-7(13)4-5-17(14,15)12-8-9-6(2)10-11-8/h3-5H2,1-2H3,(H2,9,10,11,12). The lowest BCUT2D eigenvalue weighted by atomic mass is 10.5. The van der Waals surface area contributed by atoms with E-state index in [0.29, 0.717) is 5.82 Å². The maximum absolute atomic E-state index is 11.5. The van der Waals surface area contributed by atoms with Crippen LogP contribution in [0.15, 0.2) is 0 Å². The molecule has 0 spiro atoms. The second-order valence-electron chi connectivity index (χ2n) is 3.22. The van der Waals surface area contributed by atoms with Crippen molar-refractivity contribution in [3.8, 4) is 0 Å². The molecule has 0 aliphatic heterocycles. The number of aryl methyl sites for hydroxylation is 1. The zero-order chi connectivity index (χ0) is 12.9. The highest BCUT2D eigenvalue weighted by molar-refractivity contribution is 7.92. The van der Waals surface area contributed by atoms with Crippen molar-refractivity contribution in [2.24, 2.45) is 0 Å². The predicted octanol–water partition coefficient (Wildman–Crippen LogP) is -0.192. The average Bonchev–Trinajstić information content (AvgIpc) is 2.61. The normalized spacial score (nSPS) is 11.2. The summed E-state index contributed by atoms with van der Waals surface area (Å²) in [4.78, 5) is 14.8. The van der Waals surface area contributed by atoms with E-state index in [2.05, 4.69) is 24.6 Å². The van der Waals surface area contributed by atoms with Gasteiger partial charge in [0.15, 0.2) is 0 Å². The highest BCUT2D eigenvalue weighted by atomic mass is 32.2. The molecule has 0 aliphatic rings. The number of nitrogens with zero attached hydrogens (tertiary/aromatic N) is 2. The van der Waals surface area contributed by atoms with Crippen LogP contribution in [0.3, 0.4) is 0 Å². The van der Waals surface area contributed by atoms with Gasteiger partial charge in [0, 0.05) is 0 Å². The van der Waals surface area contributed by atoms with Gasteiger partial charge in [-0.1, -0.05) is 0 Å². The number of carbonyl (C=O) groups excluding carboxylic acids is 1. The summed E-state index contributed by atoms with van der Waals surface area (Å²) in [5.74, 6) is -0.456. The molecule has 0 atom stereocenters. The molecule has 9 heteroatoms. The Morgan fingerprint density at radius 2 is 2.24 bits per heavy atom. The van der Waals surface area contributed by atoms with Crippen molar-refractivity contribution in [2.75, 3.05) is 17.1 Å². The summed E-state index contributed by atoms with van der Waals surface area (Å²) in [6, 6.07) is 0. The zero-order valence-electron chi connectivity index (χ0n) is 9.56. The molecule has 96 valence electrons. The summed E-state index contributed by atoms with van der Waals surface area (Å²) < 4.78 is 29.8. The summed E-state index contributed by atoms with van der Waals surface area (Å²) in [5, 5.41) is 6.12. The monoisotopic (exact) mass is 262 g/mol. The SMILES string of the molecule is CCOC(=O)CCS(=O)(=O)Nc1n[nH]c(C)n1. The Kier molecular flexibility index (Phi) is 4.44. The number of hydrogen-bond acceptors (Lipinski definition) is 6. The fourth-order valence-corrected chi connectivity index (χ4v) is 1.94. The highest BCUT2D eigenvalue weighted by Crippen LogP contribution is 2.03. The quantitative estimate of drug-likeness (QED) is 0.687. The van der Waals surface area contributed by atoms with E-state index in [0.717, 1.165) is 0 Å². The number of esters is 1. The Balaban J connectivity index is 2.49. The molecular formula is C8H14N4O4S. The van der Waals surface area contributed by atoms with Crippen molar-refractivity contribution < 1.29 is 17.9 Å². The first-order valence-corrected chi connectivity index (χ1v) is 6.63. The first-order chi connectivity index (χ1) is 7.93. The lowest BCUT2D eigenvalue weighted by molar-refractivity contribution is -0.142. The number of carbonyl (C=O) groups is 1. The van der Waals surface area contributed by atoms with Gasteiger partial charge in [-0.15, -0.1) is 5.10 Å². The molecule has 1 aromatic rings. The van der Waals surface area contributed by atoms with Crippen LogP contribution in [-0.2, 0) is 19.6 Å². The molecule has 2 N–H and O–H groups in total. The van der Waals surface area contributed by atoms with E-state index in [4.69, 9.17) is 0 Å². The van der Waals surface area contributed by atoms with E-state index in [1.165, 1.54) is 0 Å². The number of rotatable bonds is 6. The van der Waals surface area contributed by atoms with E-state index in [1.54, 1.807) is 13.8 Å². The van der Waals surface area contributed by atoms with Crippen LogP contribution in [0.2, 0.25) is 0 Å². The largest absolute Gasteiger partial charge is 0.466 e. The number of nitrogens with one attached hydrogen (secondary N) is 2. The van der Waals surface area contributed by atoms with Crippen molar-refractivity contribution in [3.63, 3.8) is 0 Å². The number of anilines is 1. The summed E-state index contributed by atoms with van der Waals surface area (Å²) in [6.45, 7) is 3.52. The molecule has 1 rings (SSSR count). The van der Waals surface area contributed by atoms with Crippen LogP contribution in [0.4, 0.5) is 5.95 Å². The highest BCUT2D eigenvalue weighted by Gasteiger charge is 2.15. The Morgan fingerprint density at radius 3 is 2.76 bits per heavy atom. The molecule has 17 heavy (non-hydrogen) atoms. The summed E-state index contributed by atoms with van der Waals surface area (Å²) >= 11 is 0. The van der Waals surface area contributed by atoms with Gasteiger partial charge >= 0.3 is 5.97 Å². The first-order valence-electron chi connectivity index (χ1n) is 4.98. The molecule has 0 saturated heterocycles. The van der Waals surface area contributed by atoms with Crippen LogP contribution in [0.1, 0.15) is 19.2 Å². The van der Waals surface area contributed by atoms with Crippen LogP contribution in [-0.4, -0.2) is 41.9 Å². The molecule has 0 amide bonds. The average molecular weight is 262 g/mol. The van der Waals surface area contributed by atoms with Crippen LogP contribution in [0.5, 0.6) is 0 Å². The number of aromatic amines is 1. The van der Waals surface area contributed by atoms with Crippen LogP contribution in [0, 0.1) is 6.92 Å². The van der Waals surface area contributed by atoms with Gasteiger partial charge in [-0.25, -0.2) is 13.1 Å². The second kappa shape index (κ2) is 5.62. The third-order valence-electron chi connectivity index (χ3n) is 1.72. The van der Waals surface area contributed by atoms with Gasteiger partial charge in [-0.2, -0.15) is 4.98 Å². The smallest absolute Gasteiger partial charge is 0.306 e. The maximum atomic E-state index is 11.5. The molecule has 1 heterocycles. The Bertz CT molecular complexity index is 481. The van der Waals surface area contributed by atoms with Crippen molar-refractivity contribution in [2.45, 2.75) is 20.3 Å². The van der Waals surface area contributed by atoms with Crippen molar-refractivity contribution in [1.29, 1.82) is 0 Å². The van der Waals surface area contributed by atoms with E-state index >= 15 is 0 Å². The number of ether oxygens (including phenoxy) is 1. The van der Waals surface area contributed by atoms with E-state index < -0.39 is 16.0 Å². The summed E-state index contributed by atoms with van der Waals surface area (Å²) in [5.41, 5.74) is 0. The summed E-state index contributed by atoms with van der Waals surface area (Å²) in [7, 11) is -3.63. The minimum Gasteiger partial charge on any atom is -0.466 e. The van der Waals surface area contributed by atoms with E-state index in [1.807, 2.05) is 0 Å². The predicted molar refractivity (Wildman–Crippen MR) is 59.8 cm³/mol. The third-order valence-corrected chi connectivity index (χ3v) is 2.96. The lowest BCUT2D eigenvalue weighted by Crippen LogP contribution is -2.20. The van der Waals surface area contributed by atoms with Gasteiger partial charge in [-0.3, -0.25) is 9.89 Å². The Morgan fingerprint density at radius 1 is 1.53 bits per heavy atom. The van der Waals surface area contributed by atoms with Crippen LogP contribution < -0.4 is 4.72 Å². The van der Waals surface area contributed by atoms with Crippen LogP contribution >= 0.6 is 0 Å². The second-order valence-corrected chi connectivity index (χ2v) is 5.06. The van der Waals surface area contributed by atoms with Crippen molar-refractivity contribution in [1.82, 2.24) is 15.2 Å². The Labute approximate surface area is 98.8 Å². The maximum Gasteiger partial charge on any atom is 0.306 e. The summed E-state index contributed by atoms with van der Waals surface area (Å²) in [6.07, 6.45) is -0.202. The fourth-order valence-electron chi connectivity index (χ4n) is 1.03. The molecular weight excluding hydrogens is 248 g/mol. The molecule has 0 unspecified atom stereocenters. The molecule has 8 nitrogen and oxygen atoms in total. The molecule has 0 aliphatic carbocycles. The van der Waals surface area contributed by atoms with Crippen molar-refractivity contribution >= 4 is 21.9 Å². The number of aromatic nitrogens is 3. The van der Waals surface area contributed by atoms with Gasteiger partial charge < -0.3 is 4.74 Å². The molecule has 0 fully saturated rings. The fraction of sp³-hybridized carbons (Fsp3) is 0.625. The minimum absolute atomic E-state index is 0.0358. The van der Waals surface area contributed by atoms with Gasteiger partial charge in [0.1, 0.15) is 5.82 Å². The van der Waals surface area contributed by atoms with Gasteiger partial charge in [0.2, 0.25) is 10.0 Å². The van der Waals surface area contributed by atoms with E-state index in [-0.39, 0.29) is 24.7 Å². The van der Waals surface area contributed by atoms with Gasteiger partial charge in [-0.05, 0) is 13.8 Å². The topological polar surface area (TPSA) is 114 Å². The number of sulfonamides is 1. The molecule has 0 radical (unpaired) electrons. The van der Waals surface area contributed by atoms with Crippen molar-refractivity contribution in [3.05, 3.63) is 5.82 Å². The van der Waals surface area contributed by atoms with Crippen LogP contribution in [0.25, 0.3) is 0 Å².